The summed E-state index contributed by atoms with van der Waals surface area (Å²) in [5.41, 5.74) is 3.42. The Morgan fingerprint density at radius 3 is 2.46 bits per heavy atom. The minimum Gasteiger partial charge on any atom is -0.486 e. The first-order chi connectivity index (χ1) is 12.7. The lowest BCUT2D eigenvalue weighted by Crippen LogP contribution is -2.35. The molecule has 0 aliphatic heterocycles. The number of aryl methyl sites for hydroxylation is 1. The number of carbonyl (C=O) groups excluding carboxylic acids is 1. The third kappa shape index (κ3) is 3.63. The maximum Gasteiger partial charge on any atom is 0.263 e. The van der Waals surface area contributed by atoms with E-state index in [-0.39, 0.29) is 11.9 Å². The van der Waals surface area contributed by atoms with E-state index in [0.717, 1.165) is 29.3 Å². The summed E-state index contributed by atoms with van der Waals surface area (Å²) >= 11 is 1.41. The lowest BCUT2D eigenvalue weighted by atomic mass is 10.1. The van der Waals surface area contributed by atoms with Crippen LogP contribution in [0.1, 0.15) is 31.5 Å². The second-order valence-corrected chi connectivity index (χ2v) is 7.55. The SMILES string of the molecule is Cc1nc(COc2ccccc2)sc1C(=O)NC1Cc2ccccc2C1. The van der Waals surface area contributed by atoms with Gasteiger partial charge in [-0.05, 0) is 43.0 Å². The summed E-state index contributed by atoms with van der Waals surface area (Å²) in [6.07, 6.45) is 1.79. The highest BCUT2D eigenvalue weighted by Gasteiger charge is 2.24. The van der Waals surface area contributed by atoms with Crippen LogP contribution in [0.3, 0.4) is 0 Å². The molecule has 1 amide bonds. The fourth-order valence-electron chi connectivity index (χ4n) is 3.30. The zero-order valence-corrected chi connectivity index (χ0v) is 15.4. The van der Waals surface area contributed by atoms with Crippen molar-refractivity contribution in [2.75, 3.05) is 0 Å². The van der Waals surface area contributed by atoms with Crippen LogP contribution in [0.5, 0.6) is 5.75 Å². The number of fused-ring (bicyclic) bond motifs is 1. The summed E-state index contributed by atoms with van der Waals surface area (Å²) in [4.78, 5) is 17.8. The number of thiazole rings is 1. The molecule has 3 aromatic rings. The van der Waals surface area contributed by atoms with Crippen LogP contribution in [0.15, 0.2) is 54.6 Å². The average Bonchev–Trinajstić information content (AvgIpc) is 3.23. The number of carbonyl (C=O) groups is 1. The van der Waals surface area contributed by atoms with E-state index in [2.05, 4.69) is 34.6 Å². The van der Waals surface area contributed by atoms with Crippen molar-refractivity contribution in [3.05, 3.63) is 81.3 Å². The van der Waals surface area contributed by atoms with Gasteiger partial charge in [-0.2, -0.15) is 0 Å². The Morgan fingerprint density at radius 1 is 1.12 bits per heavy atom. The van der Waals surface area contributed by atoms with Gasteiger partial charge >= 0.3 is 0 Å². The van der Waals surface area contributed by atoms with Crippen LogP contribution in [-0.4, -0.2) is 16.9 Å². The fourth-order valence-corrected chi connectivity index (χ4v) is 4.18. The van der Waals surface area contributed by atoms with Crippen molar-refractivity contribution in [2.24, 2.45) is 0 Å². The van der Waals surface area contributed by atoms with E-state index in [1.165, 1.54) is 22.5 Å². The predicted octanol–water partition coefficient (Wildman–Crippen LogP) is 3.93. The summed E-state index contributed by atoms with van der Waals surface area (Å²) in [5.74, 6) is 0.763. The van der Waals surface area contributed by atoms with Gasteiger partial charge in [0.1, 0.15) is 22.2 Å². The molecule has 0 bridgehead atoms. The summed E-state index contributed by atoms with van der Waals surface area (Å²) in [6.45, 7) is 2.25. The molecule has 0 saturated heterocycles. The van der Waals surface area contributed by atoms with E-state index in [1.807, 2.05) is 37.3 Å². The zero-order valence-electron chi connectivity index (χ0n) is 14.6. The van der Waals surface area contributed by atoms with Crippen LogP contribution < -0.4 is 10.1 Å². The van der Waals surface area contributed by atoms with Crippen molar-refractivity contribution in [1.82, 2.24) is 10.3 Å². The Hall–Kier alpha value is -2.66. The third-order valence-electron chi connectivity index (χ3n) is 4.54. The van der Waals surface area contributed by atoms with E-state index in [9.17, 15) is 4.79 Å². The van der Waals surface area contributed by atoms with Crippen molar-refractivity contribution in [2.45, 2.75) is 32.4 Å². The highest BCUT2D eigenvalue weighted by Crippen LogP contribution is 2.24. The topological polar surface area (TPSA) is 51.2 Å². The molecule has 26 heavy (non-hydrogen) atoms. The van der Waals surface area contributed by atoms with Gasteiger partial charge < -0.3 is 10.1 Å². The minimum atomic E-state index is -0.0382. The molecule has 1 aliphatic carbocycles. The highest BCUT2D eigenvalue weighted by atomic mass is 32.1. The average molecular weight is 364 g/mol. The van der Waals surface area contributed by atoms with Crippen molar-refractivity contribution >= 4 is 17.2 Å². The van der Waals surface area contributed by atoms with Crippen molar-refractivity contribution in [3.8, 4) is 5.75 Å². The minimum absolute atomic E-state index is 0.0382. The summed E-state index contributed by atoms with van der Waals surface area (Å²) < 4.78 is 5.73. The molecule has 0 saturated carbocycles. The first-order valence-electron chi connectivity index (χ1n) is 8.71. The van der Waals surface area contributed by atoms with E-state index < -0.39 is 0 Å². The van der Waals surface area contributed by atoms with Gasteiger partial charge in [-0.3, -0.25) is 4.79 Å². The first kappa shape index (κ1) is 16.8. The Kier molecular flexibility index (Phi) is 4.71. The number of nitrogens with zero attached hydrogens (tertiary/aromatic N) is 1. The van der Waals surface area contributed by atoms with E-state index in [4.69, 9.17) is 4.74 Å². The van der Waals surface area contributed by atoms with Crippen LogP contribution in [-0.2, 0) is 19.4 Å². The van der Waals surface area contributed by atoms with Gasteiger partial charge in [-0.25, -0.2) is 4.98 Å². The molecule has 4 nitrogen and oxygen atoms in total. The van der Waals surface area contributed by atoms with Gasteiger partial charge in [-0.15, -0.1) is 11.3 Å². The number of para-hydroxylation sites is 1. The molecule has 1 heterocycles. The number of amides is 1. The van der Waals surface area contributed by atoms with Crippen molar-refractivity contribution < 1.29 is 9.53 Å². The molecule has 1 aromatic heterocycles. The monoisotopic (exact) mass is 364 g/mol. The van der Waals surface area contributed by atoms with Gasteiger partial charge in [0.2, 0.25) is 0 Å². The molecular weight excluding hydrogens is 344 g/mol. The third-order valence-corrected chi connectivity index (χ3v) is 5.67. The van der Waals surface area contributed by atoms with Crippen LogP contribution >= 0.6 is 11.3 Å². The largest absolute Gasteiger partial charge is 0.486 e. The van der Waals surface area contributed by atoms with Gasteiger partial charge in [0.25, 0.3) is 5.91 Å². The molecule has 0 unspecified atom stereocenters. The quantitative estimate of drug-likeness (QED) is 0.746. The molecule has 1 aliphatic rings. The Labute approximate surface area is 156 Å². The Bertz CT molecular complexity index is 896. The molecule has 2 aromatic carbocycles. The van der Waals surface area contributed by atoms with Crippen LogP contribution in [0.25, 0.3) is 0 Å². The summed E-state index contributed by atoms with van der Waals surface area (Å²) in [5, 5.41) is 3.97. The summed E-state index contributed by atoms with van der Waals surface area (Å²) in [7, 11) is 0. The summed E-state index contributed by atoms with van der Waals surface area (Å²) in [6, 6.07) is 18.2. The van der Waals surface area contributed by atoms with E-state index in [1.54, 1.807) is 0 Å². The zero-order chi connectivity index (χ0) is 17.9. The van der Waals surface area contributed by atoms with Crippen LogP contribution in [0, 0.1) is 6.92 Å². The van der Waals surface area contributed by atoms with Crippen LogP contribution in [0.4, 0.5) is 0 Å². The fraction of sp³-hybridized carbons (Fsp3) is 0.238. The second kappa shape index (κ2) is 7.30. The maximum absolute atomic E-state index is 12.7. The molecule has 0 spiro atoms. The van der Waals surface area contributed by atoms with Crippen molar-refractivity contribution in [1.29, 1.82) is 0 Å². The van der Waals surface area contributed by atoms with Gasteiger partial charge in [0.15, 0.2) is 0 Å². The number of rotatable bonds is 5. The number of aromatic nitrogens is 1. The molecule has 132 valence electrons. The number of nitrogens with one attached hydrogen (secondary N) is 1. The number of hydrogen-bond donors (Lipinski definition) is 1. The predicted molar refractivity (Wildman–Crippen MR) is 103 cm³/mol. The van der Waals surface area contributed by atoms with Crippen LogP contribution in [0.2, 0.25) is 0 Å². The standard InChI is InChI=1S/C21H20N2O2S/c1-14-20(26-19(22-14)13-25-18-9-3-2-4-10-18)21(24)23-17-11-15-7-5-6-8-16(15)12-17/h2-10,17H,11-13H2,1H3,(H,23,24). The molecule has 4 rings (SSSR count). The smallest absolute Gasteiger partial charge is 0.263 e. The Balaban J connectivity index is 1.38. The van der Waals surface area contributed by atoms with E-state index >= 15 is 0 Å². The lowest BCUT2D eigenvalue weighted by Gasteiger charge is -2.11. The molecular formula is C21H20N2O2S. The number of benzene rings is 2. The molecule has 0 atom stereocenters. The number of ether oxygens (including phenoxy) is 1. The molecule has 1 N–H and O–H groups in total. The van der Waals surface area contributed by atoms with Gasteiger partial charge in [0, 0.05) is 6.04 Å². The van der Waals surface area contributed by atoms with E-state index in [0.29, 0.717) is 11.5 Å². The highest BCUT2D eigenvalue weighted by molar-refractivity contribution is 7.13. The Morgan fingerprint density at radius 2 is 1.77 bits per heavy atom. The normalized spacial score (nSPS) is 13.4. The second-order valence-electron chi connectivity index (χ2n) is 6.47. The van der Waals surface area contributed by atoms with Crippen molar-refractivity contribution in [3.63, 3.8) is 0 Å². The lowest BCUT2D eigenvalue weighted by molar-refractivity contribution is 0.0942. The molecule has 5 heteroatoms. The van der Waals surface area contributed by atoms with Gasteiger partial charge in [-0.1, -0.05) is 42.5 Å². The number of hydrogen-bond acceptors (Lipinski definition) is 4. The maximum atomic E-state index is 12.7. The molecule has 0 fully saturated rings. The first-order valence-corrected chi connectivity index (χ1v) is 9.52. The molecule has 0 radical (unpaired) electrons. The van der Waals surface area contributed by atoms with Gasteiger partial charge in [0.05, 0.1) is 5.69 Å².